The minimum Gasteiger partial charge on any atom is -2.00 e. The molecular weight excluding hydrogens is 199 g/mol. The Kier molecular flexibility index (Phi) is 35.5. The van der Waals surface area contributed by atoms with E-state index in [2.05, 4.69) is 6.92 Å². The van der Waals surface area contributed by atoms with Crippen LogP contribution in [0.5, 0.6) is 0 Å². The molecule has 0 atom stereocenters. The van der Waals surface area contributed by atoms with Crippen LogP contribution in [0.4, 0.5) is 0 Å². The first-order valence-corrected chi connectivity index (χ1v) is 4.08. The van der Waals surface area contributed by atoms with Crippen LogP contribution < -0.4 is 0 Å². The van der Waals surface area contributed by atoms with Gasteiger partial charge in [-0.25, -0.2) is 0 Å². The summed E-state index contributed by atoms with van der Waals surface area (Å²) in [6.07, 6.45) is 2.80. The molecule has 0 amide bonds. The predicted octanol–water partition coefficient (Wildman–Crippen LogP) is 0.430. The van der Waals surface area contributed by atoms with E-state index in [0.717, 1.165) is 0 Å². The van der Waals surface area contributed by atoms with Gasteiger partial charge in [0.1, 0.15) is 0 Å². The van der Waals surface area contributed by atoms with Crippen LogP contribution in [0.3, 0.4) is 0 Å². The van der Waals surface area contributed by atoms with Crippen molar-refractivity contribution in [1.82, 2.24) is 0 Å². The molecule has 0 spiro atoms. The van der Waals surface area contributed by atoms with Gasteiger partial charge in [0.25, 0.3) is 0 Å². The van der Waals surface area contributed by atoms with E-state index in [0.29, 0.717) is 0 Å². The van der Waals surface area contributed by atoms with Gasteiger partial charge in [0.05, 0.1) is 0 Å². The van der Waals surface area contributed by atoms with Crippen LogP contribution in [0.2, 0.25) is 4.44 Å². The van der Waals surface area contributed by atoms with Gasteiger partial charge in [-0.05, 0) is 0 Å². The normalized spacial score (nSPS) is 6.00. The first-order valence-electron chi connectivity index (χ1n) is 2.06. The summed E-state index contributed by atoms with van der Waals surface area (Å²) in [6.45, 7) is 2.23. The summed E-state index contributed by atoms with van der Waals surface area (Å²) in [4.78, 5) is 0. The molecule has 0 bridgehead atoms. The number of rotatable bonds is 2. The molecule has 3 heteroatoms. The fraction of sp³-hybridized carbons (Fsp3) is 1.00. The molecule has 0 aromatic carbocycles. The van der Waals surface area contributed by atoms with E-state index >= 15 is 0 Å². The molecular formula is C4H11O2Sn-2. The van der Waals surface area contributed by atoms with Crippen molar-refractivity contribution in [1.29, 1.82) is 0 Å². The monoisotopic (exact) mass is 211 g/mol. The first-order chi connectivity index (χ1) is 2.41. The summed E-state index contributed by atoms with van der Waals surface area (Å²) in [5.74, 6) is 0. The molecule has 0 unspecified atom stereocenters. The van der Waals surface area contributed by atoms with Gasteiger partial charge in [0, 0.05) is 0 Å². The average molecular weight is 210 g/mol. The zero-order valence-electron chi connectivity index (χ0n) is 4.53. The fourth-order valence-corrected chi connectivity index (χ4v) is 1.19. The Labute approximate surface area is 58.0 Å². The van der Waals surface area contributed by atoms with Crippen molar-refractivity contribution in [2.75, 3.05) is 0 Å². The molecule has 0 aromatic rings. The van der Waals surface area contributed by atoms with Crippen LogP contribution >= 0.6 is 0 Å². The summed E-state index contributed by atoms with van der Waals surface area (Å²) in [5, 5.41) is 0. The van der Waals surface area contributed by atoms with Crippen LogP contribution in [0, 0.1) is 0 Å². The van der Waals surface area contributed by atoms with Gasteiger partial charge in [-0.15, -0.1) is 0 Å². The maximum Gasteiger partial charge on any atom is -0.412 e. The Morgan fingerprint density at radius 2 is 1.86 bits per heavy atom. The molecule has 0 saturated heterocycles. The quantitative estimate of drug-likeness (QED) is 0.593. The van der Waals surface area contributed by atoms with Gasteiger partial charge < -0.3 is 11.0 Å². The Morgan fingerprint density at radius 3 is 1.86 bits per heavy atom. The molecule has 3 radical (unpaired) electrons. The van der Waals surface area contributed by atoms with E-state index in [-0.39, 0.29) is 11.0 Å². The van der Waals surface area contributed by atoms with Crippen LogP contribution in [0.25, 0.3) is 0 Å². The van der Waals surface area contributed by atoms with Crippen LogP contribution in [-0.4, -0.2) is 28.0 Å². The second-order valence-corrected chi connectivity index (χ2v) is 2.53. The van der Waals surface area contributed by atoms with E-state index in [1.165, 1.54) is 17.3 Å². The SMILES string of the molecule is CCC[CH2][Sn].O.[O-2]. The average Bonchev–Trinajstić information content (AvgIpc) is 1.41. The van der Waals surface area contributed by atoms with Crippen molar-refractivity contribution < 1.29 is 11.0 Å². The van der Waals surface area contributed by atoms with Crippen molar-refractivity contribution in [3.8, 4) is 0 Å². The van der Waals surface area contributed by atoms with Gasteiger partial charge in [-0.2, -0.15) is 0 Å². The minimum atomic E-state index is 0. The summed E-state index contributed by atoms with van der Waals surface area (Å²) in [5.41, 5.74) is 0. The molecule has 0 rings (SSSR count). The minimum absolute atomic E-state index is 0. The molecule has 0 aromatic heterocycles. The maximum atomic E-state index is 2.23. The first kappa shape index (κ1) is 15.6. The molecule has 2 N–H and O–H groups in total. The Bertz CT molecular complexity index is 17.2. The second-order valence-electron chi connectivity index (χ2n) is 1.10. The molecule has 7 heavy (non-hydrogen) atoms. The Morgan fingerprint density at radius 1 is 1.43 bits per heavy atom. The van der Waals surface area contributed by atoms with E-state index in [9.17, 15) is 0 Å². The van der Waals surface area contributed by atoms with Crippen LogP contribution in [0.1, 0.15) is 19.8 Å². The molecule has 0 saturated carbocycles. The zero-order valence-corrected chi connectivity index (χ0v) is 7.38. The van der Waals surface area contributed by atoms with E-state index in [4.69, 9.17) is 0 Å². The summed E-state index contributed by atoms with van der Waals surface area (Å²) >= 11 is 1.68. The third-order valence-electron chi connectivity index (χ3n) is 0.530. The zero-order chi connectivity index (χ0) is 4.12. The molecule has 0 aliphatic carbocycles. The summed E-state index contributed by atoms with van der Waals surface area (Å²) < 4.78 is 1.43. The van der Waals surface area contributed by atoms with Gasteiger partial charge in [-0.3, -0.25) is 0 Å². The molecule has 45 valence electrons. The van der Waals surface area contributed by atoms with E-state index < -0.39 is 0 Å². The van der Waals surface area contributed by atoms with Gasteiger partial charge in [0.2, 0.25) is 0 Å². The molecule has 0 aliphatic rings. The number of unbranched alkanes of at least 4 members (excludes halogenated alkanes) is 1. The summed E-state index contributed by atoms with van der Waals surface area (Å²) in [6, 6.07) is 0. The summed E-state index contributed by atoms with van der Waals surface area (Å²) in [7, 11) is 0. The van der Waals surface area contributed by atoms with Crippen molar-refractivity contribution in [2.45, 2.75) is 24.2 Å². The van der Waals surface area contributed by atoms with Gasteiger partial charge in [0.15, 0.2) is 0 Å². The van der Waals surface area contributed by atoms with Crippen molar-refractivity contribution in [3.63, 3.8) is 0 Å². The molecule has 0 aliphatic heterocycles. The van der Waals surface area contributed by atoms with Gasteiger partial charge >= 0.3 is 46.7 Å². The smallest absolute Gasteiger partial charge is 0.412 e. The van der Waals surface area contributed by atoms with E-state index in [1.54, 1.807) is 22.5 Å². The number of hydrogen-bond acceptors (Lipinski definition) is 0. The van der Waals surface area contributed by atoms with Crippen molar-refractivity contribution >= 4 is 22.5 Å². The Balaban J connectivity index is -0.0000000800. The maximum absolute atomic E-state index is 2.23. The molecule has 0 fully saturated rings. The van der Waals surface area contributed by atoms with Gasteiger partial charge in [-0.1, -0.05) is 0 Å². The third kappa shape index (κ3) is 20.2. The number of hydrogen-bond donors (Lipinski definition) is 0. The van der Waals surface area contributed by atoms with Crippen LogP contribution in [0.15, 0.2) is 0 Å². The molecule has 2 nitrogen and oxygen atoms in total. The predicted molar refractivity (Wildman–Crippen MR) is 29.8 cm³/mol. The van der Waals surface area contributed by atoms with Crippen molar-refractivity contribution in [2.24, 2.45) is 0 Å². The van der Waals surface area contributed by atoms with Crippen LogP contribution in [-0.2, 0) is 5.48 Å². The second kappa shape index (κ2) is 15.9. The molecule has 0 heterocycles. The van der Waals surface area contributed by atoms with E-state index in [1.807, 2.05) is 0 Å². The third-order valence-corrected chi connectivity index (χ3v) is 1.54. The Hall–Kier alpha value is 0.719. The van der Waals surface area contributed by atoms with Crippen molar-refractivity contribution in [3.05, 3.63) is 0 Å². The standard InChI is InChI=1S/C4H9.H2O.O.Sn/c1-3-4-2;;;/h1,3-4H2,2H3;1H2;;/q;;-2;. The largest absolute Gasteiger partial charge is 2.00 e. The topological polar surface area (TPSA) is 60.0 Å². The fourth-order valence-electron chi connectivity index (χ4n) is 0.177.